The van der Waals surface area contributed by atoms with Crippen LogP contribution in [0.5, 0.6) is 11.5 Å². The summed E-state index contributed by atoms with van der Waals surface area (Å²) < 4.78 is 13.1. The number of nitrogens with zero attached hydrogens (tertiary/aromatic N) is 2. The molecule has 0 bridgehead atoms. The standard InChI is InChI=1S/C31H29N3O3/c1-3-37-27-11-7-8-23(20-27)24-14-18-29-33-31(22-12-15-26(36-2)16-13-22)28(34(29)21-24)17-19-30(35)32-25-9-5-4-6-10-25/h4-16,18,20-21H,3,17,19H2,1-2H3,(H,32,35). The summed E-state index contributed by atoms with van der Waals surface area (Å²) >= 11 is 0. The molecule has 0 aliphatic rings. The minimum Gasteiger partial charge on any atom is -0.497 e. The highest BCUT2D eigenvalue weighted by Crippen LogP contribution is 2.30. The number of aryl methyl sites for hydroxylation is 1. The molecular weight excluding hydrogens is 462 g/mol. The van der Waals surface area contributed by atoms with E-state index in [1.54, 1.807) is 7.11 Å². The Morgan fingerprint density at radius 1 is 0.865 bits per heavy atom. The van der Waals surface area contributed by atoms with Gasteiger partial charge in [0.05, 0.1) is 25.1 Å². The van der Waals surface area contributed by atoms with Gasteiger partial charge in [-0.25, -0.2) is 4.98 Å². The number of carbonyl (C=O) groups is 1. The Labute approximate surface area is 216 Å². The van der Waals surface area contributed by atoms with Crippen molar-refractivity contribution >= 4 is 17.2 Å². The maximum absolute atomic E-state index is 12.8. The fourth-order valence-corrected chi connectivity index (χ4v) is 4.39. The monoisotopic (exact) mass is 491 g/mol. The van der Waals surface area contributed by atoms with E-state index in [0.717, 1.165) is 50.9 Å². The van der Waals surface area contributed by atoms with Crippen molar-refractivity contribution in [1.82, 2.24) is 9.38 Å². The molecule has 0 aliphatic carbocycles. The number of benzene rings is 3. The van der Waals surface area contributed by atoms with Crippen molar-refractivity contribution in [3.8, 4) is 33.9 Å². The van der Waals surface area contributed by atoms with Gasteiger partial charge in [0.1, 0.15) is 17.1 Å². The maximum atomic E-state index is 12.8. The van der Waals surface area contributed by atoms with Crippen molar-refractivity contribution in [3.63, 3.8) is 0 Å². The second-order valence-electron chi connectivity index (χ2n) is 8.66. The minimum absolute atomic E-state index is 0.0394. The van der Waals surface area contributed by atoms with Gasteiger partial charge in [-0.1, -0.05) is 30.3 Å². The molecule has 2 heterocycles. The van der Waals surface area contributed by atoms with Crippen LogP contribution in [0.1, 0.15) is 19.0 Å². The Morgan fingerprint density at radius 3 is 2.41 bits per heavy atom. The Hall–Kier alpha value is -4.58. The summed E-state index contributed by atoms with van der Waals surface area (Å²) in [6, 6.07) is 29.5. The van der Waals surface area contributed by atoms with Gasteiger partial charge in [0, 0.05) is 23.9 Å². The van der Waals surface area contributed by atoms with E-state index in [1.165, 1.54) is 0 Å². The fraction of sp³-hybridized carbons (Fsp3) is 0.161. The average Bonchev–Trinajstić information content (AvgIpc) is 3.30. The van der Waals surface area contributed by atoms with E-state index in [9.17, 15) is 4.79 Å². The van der Waals surface area contributed by atoms with E-state index >= 15 is 0 Å². The Kier molecular flexibility index (Phi) is 7.17. The first-order valence-corrected chi connectivity index (χ1v) is 12.4. The predicted octanol–water partition coefficient (Wildman–Crippen LogP) is 6.65. The molecular formula is C31H29N3O3. The van der Waals surface area contributed by atoms with Crippen molar-refractivity contribution in [1.29, 1.82) is 0 Å². The highest BCUT2D eigenvalue weighted by atomic mass is 16.5. The molecule has 0 spiro atoms. The zero-order chi connectivity index (χ0) is 25.6. The van der Waals surface area contributed by atoms with Crippen LogP contribution in [0.15, 0.2) is 97.2 Å². The summed E-state index contributed by atoms with van der Waals surface area (Å²) in [7, 11) is 1.65. The summed E-state index contributed by atoms with van der Waals surface area (Å²) in [5, 5.41) is 2.98. The van der Waals surface area contributed by atoms with Crippen molar-refractivity contribution in [2.24, 2.45) is 0 Å². The van der Waals surface area contributed by atoms with E-state index in [2.05, 4.69) is 28.0 Å². The summed E-state index contributed by atoms with van der Waals surface area (Å²) in [5.41, 5.74) is 6.53. The van der Waals surface area contributed by atoms with Crippen molar-refractivity contribution in [2.75, 3.05) is 19.0 Å². The number of anilines is 1. The lowest BCUT2D eigenvalue weighted by atomic mass is 10.1. The van der Waals surface area contributed by atoms with E-state index < -0.39 is 0 Å². The highest BCUT2D eigenvalue weighted by Gasteiger charge is 2.17. The Bertz CT molecular complexity index is 1510. The number of amides is 1. The van der Waals surface area contributed by atoms with Gasteiger partial charge >= 0.3 is 0 Å². The van der Waals surface area contributed by atoms with Crippen LogP contribution in [-0.4, -0.2) is 29.0 Å². The van der Waals surface area contributed by atoms with Crippen LogP contribution in [-0.2, 0) is 11.2 Å². The van der Waals surface area contributed by atoms with Gasteiger partial charge in [0.2, 0.25) is 5.91 Å². The summed E-state index contributed by atoms with van der Waals surface area (Å²) in [4.78, 5) is 17.7. The van der Waals surface area contributed by atoms with Crippen LogP contribution >= 0.6 is 0 Å². The molecule has 0 fully saturated rings. The van der Waals surface area contributed by atoms with E-state index in [-0.39, 0.29) is 5.91 Å². The number of hydrogen-bond donors (Lipinski definition) is 1. The second-order valence-corrected chi connectivity index (χ2v) is 8.66. The number of ether oxygens (including phenoxy) is 2. The molecule has 186 valence electrons. The molecule has 0 saturated carbocycles. The van der Waals surface area contributed by atoms with E-state index in [4.69, 9.17) is 14.5 Å². The highest BCUT2D eigenvalue weighted by molar-refractivity contribution is 5.91. The Morgan fingerprint density at radius 2 is 1.65 bits per heavy atom. The van der Waals surface area contributed by atoms with Gasteiger partial charge in [-0.3, -0.25) is 4.79 Å². The minimum atomic E-state index is -0.0394. The molecule has 0 unspecified atom stereocenters. The van der Waals surface area contributed by atoms with Crippen molar-refractivity contribution in [2.45, 2.75) is 19.8 Å². The van der Waals surface area contributed by atoms with Crippen molar-refractivity contribution < 1.29 is 14.3 Å². The third-order valence-electron chi connectivity index (χ3n) is 6.21. The third kappa shape index (κ3) is 5.48. The molecule has 2 aromatic heterocycles. The summed E-state index contributed by atoms with van der Waals surface area (Å²) in [6.45, 7) is 2.59. The van der Waals surface area contributed by atoms with E-state index in [0.29, 0.717) is 19.4 Å². The molecule has 0 saturated heterocycles. The number of methoxy groups -OCH3 is 1. The lowest BCUT2D eigenvalue weighted by Gasteiger charge is -2.10. The van der Waals surface area contributed by atoms with Crippen LogP contribution in [0.4, 0.5) is 5.69 Å². The fourth-order valence-electron chi connectivity index (χ4n) is 4.39. The van der Waals surface area contributed by atoms with Gasteiger partial charge < -0.3 is 19.2 Å². The molecule has 5 aromatic rings. The largest absolute Gasteiger partial charge is 0.497 e. The van der Waals surface area contributed by atoms with Gasteiger partial charge in [0.25, 0.3) is 0 Å². The molecule has 0 atom stereocenters. The summed E-state index contributed by atoms with van der Waals surface area (Å²) in [5.74, 6) is 1.58. The molecule has 0 radical (unpaired) electrons. The Balaban J connectivity index is 1.52. The van der Waals surface area contributed by atoms with Crippen LogP contribution in [0.2, 0.25) is 0 Å². The third-order valence-corrected chi connectivity index (χ3v) is 6.21. The first kappa shape index (κ1) is 24.1. The molecule has 6 nitrogen and oxygen atoms in total. The number of imidazole rings is 1. The number of pyridine rings is 1. The SMILES string of the molecule is CCOc1cccc(-c2ccc3nc(-c4ccc(OC)cc4)c(CCC(=O)Nc4ccccc4)n3c2)c1. The van der Waals surface area contributed by atoms with Crippen LogP contribution < -0.4 is 14.8 Å². The zero-order valence-corrected chi connectivity index (χ0v) is 21.0. The zero-order valence-electron chi connectivity index (χ0n) is 21.0. The predicted molar refractivity (Wildman–Crippen MR) is 147 cm³/mol. The maximum Gasteiger partial charge on any atom is 0.224 e. The smallest absolute Gasteiger partial charge is 0.224 e. The molecule has 1 N–H and O–H groups in total. The number of fused-ring (bicyclic) bond motifs is 1. The first-order chi connectivity index (χ1) is 18.1. The number of hydrogen-bond acceptors (Lipinski definition) is 4. The van der Waals surface area contributed by atoms with Crippen LogP contribution in [0.3, 0.4) is 0 Å². The van der Waals surface area contributed by atoms with Gasteiger partial charge in [-0.15, -0.1) is 0 Å². The molecule has 3 aromatic carbocycles. The number of rotatable bonds is 9. The summed E-state index contributed by atoms with van der Waals surface area (Å²) in [6.07, 6.45) is 2.95. The molecule has 5 rings (SSSR count). The molecule has 1 amide bonds. The lowest BCUT2D eigenvalue weighted by Crippen LogP contribution is -2.13. The molecule has 37 heavy (non-hydrogen) atoms. The topological polar surface area (TPSA) is 64.9 Å². The van der Waals surface area contributed by atoms with Crippen molar-refractivity contribution in [3.05, 3.63) is 103 Å². The second kappa shape index (κ2) is 11.0. The number of nitrogens with one attached hydrogen (secondary N) is 1. The molecule has 6 heteroatoms. The lowest BCUT2D eigenvalue weighted by molar-refractivity contribution is -0.116. The average molecular weight is 492 g/mol. The number of para-hydroxylation sites is 1. The first-order valence-electron chi connectivity index (χ1n) is 12.4. The van der Waals surface area contributed by atoms with Gasteiger partial charge in [0.15, 0.2) is 0 Å². The van der Waals surface area contributed by atoms with Gasteiger partial charge in [-0.2, -0.15) is 0 Å². The quantitative estimate of drug-likeness (QED) is 0.251. The number of aromatic nitrogens is 2. The van der Waals surface area contributed by atoms with Crippen LogP contribution in [0.25, 0.3) is 28.0 Å². The van der Waals surface area contributed by atoms with Gasteiger partial charge in [-0.05, 0) is 85.1 Å². The van der Waals surface area contributed by atoms with E-state index in [1.807, 2.05) is 85.8 Å². The normalized spacial score (nSPS) is 10.9. The van der Waals surface area contributed by atoms with Crippen LogP contribution in [0, 0.1) is 0 Å². The molecule has 0 aliphatic heterocycles. The number of carbonyl (C=O) groups excluding carboxylic acids is 1.